The number of nitriles is 1. The van der Waals surface area contributed by atoms with E-state index in [1.54, 1.807) is 0 Å². The van der Waals surface area contributed by atoms with Gasteiger partial charge in [0.2, 0.25) is 0 Å². The molecule has 0 N–H and O–H groups in total. The van der Waals surface area contributed by atoms with Crippen LogP contribution < -0.4 is 0 Å². The molecule has 0 aromatic heterocycles. The highest BCUT2D eigenvalue weighted by atomic mass is 32.2. The fourth-order valence-corrected chi connectivity index (χ4v) is 6.18. The smallest absolute Gasteiger partial charge is 0.153 e. The van der Waals surface area contributed by atoms with Crippen molar-refractivity contribution < 1.29 is 8.42 Å². The molecule has 0 amide bonds. The first kappa shape index (κ1) is 16.1. The molecule has 0 unspecified atom stereocenters. The predicted molar refractivity (Wildman–Crippen MR) is 92.1 cm³/mol. The highest BCUT2D eigenvalue weighted by molar-refractivity contribution is 7.91. The number of nitrogens with zero attached hydrogens (tertiary/aromatic N) is 3. The van der Waals surface area contributed by atoms with Crippen molar-refractivity contribution in [3.8, 4) is 6.07 Å². The van der Waals surface area contributed by atoms with E-state index in [-0.39, 0.29) is 17.8 Å². The maximum absolute atomic E-state index is 12.3. The Hall–Kier alpha value is -1.42. The van der Waals surface area contributed by atoms with Crippen LogP contribution in [-0.2, 0) is 16.4 Å². The van der Waals surface area contributed by atoms with Crippen LogP contribution in [0.1, 0.15) is 24.0 Å². The molecule has 0 bridgehead atoms. The zero-order valence-corrected chi connectivity index (χ0v) is 14.6. The van der Waals surface area contributed by atoms with Gasteiger partial charge in [-0.05, 0) is 30.4 Å². The molecule has 0 spiro atoms. The lowest BCUT2D eigenvalue weighted by Crippen LogP contribution is -2.59. The van der Waals surface area contributed by atoms with E-state index in [1.807, 2.05) is 24.3 Å². The second-order valence-electron chi connectivity index (χ2n) is 7.39. The summed E-state index contributed by atoms with van der Waals surface area (Å²) in [6, 6.07) is 10.1. The van der Waals surface area contributed by atoms with E-state index in [9.17, 15) is 13.7 Å². The fraction of sp³-hybridized carbons (Fsp3) is 0.611. The Kier molecular flexibility index (Phi) is 4.11. The number of rotatable bonds is 4. The first-order valence-electron chi connectivity index (χ1n) is 8.72. The minimum Gasteiger partial charge on any atom is -0.296 e. The third-order valence-electron chi connectivity index (χ3n) is 5.61. The van der Waals surface area contributed by atoms with Gasteiger partial charge in [0.1, 0.15) is 0 Å². The van der Waals surface area contributed by atoms with Crippen LogP contribution in [0, 0.1) is 17.2 Å². The van der Waals surface area contributed by atoms with Crippen molar-refractivity contribution in [3.63, 3.8) is 0 Å². The molecule has 6 heteroatoms. The zero-order chi connectivity index (χ0) is 16.7. The number of fused-ring (bicyclic) bond motifs is 1. The van der Waals surface area contributed by atoms with E-state index < -0.39 is 9.84 Å². The molecule has 3 fully saturated rings. The Morgan fingerprint density at radius 1 is 1.08 bits per heavy atom. The van der Waals surface area contributed by atoms with Crippen molar-refractivity contribution in [1.82, 2.24) is 9.80 Å². The number of hydrogen-bond donors (Lipinski definition) is 0. The molecule has 2 heterocycles. The minimum atomic E-state index is -2.97. The third kappa shape index (κ3) is 3.21. The van der Waals surface area contributed by atoms with Gasteiger partial charge in [0.15, 0.2) is 9.84 Å². The molecule has 2 saturated heterocycles. The maximum atomic E-state index is 12.3. The van der Waals surface area contributed by atoms with Gasteiger partial charge in [-0.1, -0.05) is 18.2 Å². The van der Waals surface area contributed by atoms with Gasteiger partial charge in [0.05, 0.1) is 23.1 Å². The molecule has 5 nitrogen and oxygen atoms in total. The molecular weight excluding hydrogens is 322 g/mol. The van der Waals surface area contributed by atoms with Crippen molar-refractivity contribution in [1.29, 1.82) is 5.26 Å². The minimum absolute atomic E-state index is 0.0641. The van der Waals surface area contributed by atoms with Crippen molar-refractivity contribution in [3.05, 3.63) is 35.4 Å². The maximum Gasteiger partial charge on any atom is 0.153 e. The van der Waals surface area contributed by atoms with Crippen molar-refractivity contribution in [2.75, 3.05) is 31.1 Å². The van der Waals surface area contributed by atoms with Crippen LogP contribution in [0.4, 0.5) is 0 Å². The van der Waals surface area contributed by atoms with Gasteiger partial charge < -0.3 is 0 Å². The normalized spacial score (nSPS) is 30.0. The summed E-state index contributed by atoms with van der Waals surface area (Å²) >= 11 is 0. The predicted octanol–water partition coefficient (Wildman–Crippen LogP) is 1.25. The monoisotopic (exact) mass is 345 g/mol. The molecule has 128 valence electrons. The second kappa shape index (κ2) is 6.14. The molecule has 4 rings (SSSR count). The summed E-state index contributed by atoms with van der Waals surface area (Å²) in [6.07, 6.45) is 2.58. The van der Waals surface area contributed by atoms with Crippen molar-refractivity contribution >= 4 is 9.84 Å². The highest BCUT2D eigenvalue weighted by Crippen LogP contribution is 2.34. The Labute approximate surface area is 143 Å². The second-order valence-corrected chi connectivity index (χ2v) is 9.54. The van der Waals surface area contributed by atoms with Crippen LogP contribution in [-0.4, -0.2) is 61.4 Å². The molecule has 0 radical (unpaired) electrons. The first-order chi connectivity index (χ1) is 11.6. The highest BCUT2D eigenvalue weighted by Gasteiger charge is 2.47. The number of benzene rings is 1. The average Bonchev–Trinajstić information content (AvgIpc) is 3.31. The van der Waals surface area contributed by atoms with Crippen LogP contribution in [0.25, 0.3) is 0 Å². The molecule has 1 aromatic carbocycles. The van der Waals surface area contributed by atoms with Crippen LogP contribution in [0.5, 0.6) is 0 Å². The lowest BCUT2D eigenvalue weighted by Gasteiger charge is -2.44. The van der Waals surface area contributed by atoms with Crippen molar-refractivity contribution in [2.24, 2.45) is 5.92 Å². The number of sulfone groups is 1. The number of hydrogen-bond acceptors (Lipinski definition) is 5. The largest absolute Gasteiger partial charge is 0.296 e. The summed E-state index contributed by atoms with van der Waals surface area (Å²) in [5.74, 6) is 1.33. The summed E-state index contributed by atoms with van der Waals surface area (Å²) < 4.78 is 24.5. The SMILES string of the molecule is N#Cc1ccccc1CN1CCN(CC2CC2)[C@@H]2CS(=O)(=O)C[C@@H]21. The van der Waals surface area contributed by atoms with Gasteiger partial charge in [0.25, 0.3) is 0 Å². The van der Waals surface area contributed by atoms with Crippen LogP contribution in [0.2, 0.25) is 0 Å². The number of piperazine rings is 1. The molecule has 1 aliphatic carbocycles. The average molecular weight is 345 g/mol. The van der Waals surface area contributed by atoms with E-state index in [0.717, 1.165) is 31.1 Å². The van der Waals surface area contributed by atoms with E-state index in [4.69, 9.17) is 0 Å². The van der Waals surface area contributed by atoms with Gasteiger partial charge in [-0.2, -0.15) is 5.26 Å². The van der Waals surface area contributed by atoms with Crippen LogP contribution in [0.15, 0.2) is 24.3 Å². The molecular formula is C18H23N3O2S. The lowest BCUT2D eigenvalue weighted by atomic mass is 10.0. The summed E-state index contributed by atoms with van der Waals surface area (Å²) in [5.41, 5.74) is 1.69. The molecule has 24 heavy (non-hydrogen) atoms. The summed E-state index contributed by atoms with van der Waals surface area (Å²) in [6.45, 7) is 3.53. The fourth-order valence-electron chi connectivity index (χ4n) is 4.14. The van der Waals surface area contributed by atoms with Gasteiger partial charge in [-0.15, -0.1) is 0 Å². The Bertz CT molecular complexity index is 767. The summed E-state index contributed by atoms with van der Waals surface area (Å²) in [4.78, 5) is 4.70. The summed E-state index contributed by atoms with van der Waals surface area (Å²) in [7, 11) is -2.97. The van der Waals surface area contributed by atoms with Gasteiger partial charge >= 0.3 is 0 Å². The van der Waals surface area contributed by atoms with E-state index in [2.05, 4.69) is 15.9 Å². The summed E-state index contributed by atoms with van der Waals surface area (Å²) in [5, 5.41) is 9.29. The molecule has 1 saturated carbocycles. The molecule has 2 atom stereocenters. The van der Waals surface area contributed by atoms with Crippen LogP contribution in [0.3, 0.4) is 0 Å². The lowest BCUT2D eigenvalue weighted by molar-refractivity contribution is 0.0376. The van der Waals surface area contributed by atoms with Gasteiger partial charge in [0, 0.05) is 38.3 Å². The van der Waals surface area contributed by atoms with Crippen molar-refractivity contribution in [2.45, 2.75) is 31.5 Å². The third-order valence-corrected chi connectivity index (χ3v) is 7.31. The molecule has 3 aliphatic rings. The quantitative estimate of drug-likeness (QED) is 0.822. The molecule has 2 aliphatic heterocycles. The Balaban J connectivity index is 1.55. The Morgan fingerprint density at radius 3 is 2.46 bits per heavy atom. The topological polar surface area (TPSA) is 64.4 Å². The standard InChI is InChI=1S/C18H23N3O2S/c19-9-15-3-1-2-4-16(15)11-21-8-7-20(10-14-5-6-14)17-12-24(22,23)13-18(17)21/h1-4,14,17-18H,5-8,10-13H2/t17-,18+/m1/s1. The van der Waals surface area contributed by atoms with E-state index in [0.29, 0.717) is 17.9 Å². The van der Waals surface area contributed by atoms with E-state index >= 15 is 0 Å². The van der Waals surface area contributed by atoms with Gasteiger partial charge in [-0.3, -0.25) is 9.80 Å². The van der Waals surface area contributed by atoms with Crippen LogP contribution >= 0.6 is 0 Å². The van der Waals surface area contributed by atoms with Gasteiger partial charge in [-0.25, -0.2) is 8.42 Å². The zero-order valence-electron chi connectivity index (χ0n) is 13.8. The first-order valence-corrected chi connectivity index (χ1v) is 10.5. The Morgan fingerprint density at radius 2 is 1.75 bits per heavy atom. The van der Waals surface area contributed by atoms with E-state index in [1.165, 1.54) is 12.8 Å². The molecule has 1 aromatic rings.